The highest BCUT2D eigenvalue weighted by molar-refractivity contribution is 14.1. The topological polar surface area (TPSA) is 38.7 Å². The fourth-order valence-corrected chi connectivity index (χ4v) is 2.62. The molecule has 3 nitrogen and oxygen atoms in total. The van der Waals surface area contributed by atoms with Crippen molar-refractivity contribution in [1.29, 1.82) is 0 Å². The van der Waals surface area contributed by atoms with Gasteiger partial charge < -0.3 is 14.6 Å². The SMILES string of the molecule is COCCOc1ccccc1C(O)c1ccccc1I. The number of halogens is 1. The fourth-order valence-electron chi connectivity index (χ4n) is 1.94. The van der Waals surface area contributed by atoms with Gasteiger partial charge in [0.1, 0.15) is 18.5 Å². The summed E-state index contributed by atoms with van der Waals surface area (Å²) < 4.78 is 11.7. The van der Waals surface area contributed by atoms with Crippen molar-refractivity contribution in [3.05, 3.63) is 63.2 Å². The summed E-state index contributed by atoms with van der Waals surface area (Å²) in [4.78, 5) is 0. The van der Waals surface area contributed by atoms with Crippen molar-refractivity contribution in [2.45, 2.75) is 6.10 Å². The second-order valence-electron chi connectivity index (χ2n) is 4.30. The minimum absolute atomic E-state index is 0.464. The van der Waals surface area contributed by atoms with E-state index in [-0.39, 0.29) is 0 Å². The first-order valence-electron chi connectivity index (χ1n) is 6.37. The number of aliphatic hydroxyl groups is 1. The van der Waals surface area contributed by atoms with E-state index in [0.717, 1.165) is 14.7 Å². The predicted molar refractivity (Wildman–Crippen MR) is 87.0 cm³/mol. The average Bonchev–Trinajstić information content (AvgIpc) is 2.48. The molecule has 1 atom stereocenters. The molecule has 2 rings (SSSR count). The van der Waals surface area contributed by atoms with Crippen molar-refractivity contribution in [2.24, 2.45) is 0 Å². The number of para-hydroxylation sites is 1. The molecule has 2 aromatic carbocycles. The zero-order chi connectivity index (χ0) is 14.4. The minimum atomic E-state index is -0.693. The molecule has 2 aromatic rings. The molecule has 0 aliphatic rings. The molecule has 0 bridgehead atoms. The van der Waals surface area contributed by atoms with Gasteiger partial charge in [-0.1, -0.05) is 36.4 Å². The van der Waals surface area contributed by atoms with Gasteiger partial charge in [-0.05, 0) is 40.3 Å². The largest absolute Gasteiger partial charge is 0.491 e. The quantitative estimate of drug-likeness (QED) is 0.613. The van der Waals surface area contributed by atoms with E-state index in [2.05, 4.69) is 22.6 Å². The third-order valence-corrected chi connectivity index (χ3v) is 3.94. The first kappa shape index (κ1) is 15.3. The van der Waals surface area contributed by atoms with E-state index in [1.165, 1.54) is 0 Å². The van der Waals surface area contributed by atoms with Crippen LogP contribution in [0, 0.1) is 3.57 Å². The van der Waals surface area contributed by atoms with Gasteiger partial charge in [-0.15, -0.1) is 0 Å². The molecule has 0 aliphatic heterocycles. The lowest BCUT2D eigenvalue weighted by Crippen LogP contribution is -2.09. The van der Waals surface area contributed by atoms with Crippen molar-refractivity contribution in [3.8, 4) is 5.75 Å². The summed E-state index contributed by atoms with van der Waals surface area (Å²) in [5, 5.41) is 10.6. The van der Waals surface area contributed by atoms with Crippen LogP contribution in [0.4, 0.5) is 0 Å². The fraction of sp³-hybridized carbons (Fsp3) is 0.250. The van der Waals surface area contributed by atoms with Gasteiger partial charge in [0.25, 0.3) is 0 Å². The maximum absolute atomic E-state index is 10.6. The van der Waals surface area contributed by atoms with Gasteiger partial charge in [-0.3, -0.25) is 0 Å². The Hall–Kier alpha value is -1.11. The molecule has 0 saturated carbocycles. The Morgan fingerprint density at radius 1 is 1.00 bits per heavy atom. The average molecular weight is 384 g/mol. The molecular formula is C16H17IO3. The van der Waals surface area contributed by atoms with Gasteiger partial charge in [0, 0.05) is 16.2 Å². The van der Waals surface area contributed by atoms with E-state index in [4.69, 9.17) is 9.47 Å². The Balaban J connectivity index is 2.25. The van der Waals surface area contributed by atoms with Crippen LogP contribution >= 0.6 is 22.6 Å². The van der Waals surface area contributed by atoms with Crippen LogP contribution in [0.2, 0.25) is 0 Å². The van der Waals surface area contributed by atoms with Gasteiger partial charge >= 0.3 is 0 Å². The van der Waals surface area contributed by atoms with Crippen LogP contribution in [0.25, 0.3) is 0 Å². The molecule has 0 fully saturated rings. The minimum Gasteiger partial charge on any atom is -0.491 e. The van der Waals surface area contributed by atoms with Gasteiger partial charge in [0.15, 0.2) is 0 Å². The Morgan fingerprint density at radius 3 is 2.35 bits per heavy atom. The van der Waals surface area contributed by atoms with Crippen molar-refractivity contribution in [2.75, 3.05) is 20.3 Å². The summed E-state index contributed by atoms with van der Waals surface area (Å²) in [6, 6.07) is 15.3. The number of rotatable bonds is 6. The molecule has 0 amide bonds. The van der Waals surface area contributed by atoms with Crippen molar-refractivity contribution >= 4 is 22.6 Å². The van der Waals surface area contributed by atoms with E-state index in [1.54, 1.807) is 7.11 Å². The molecule has 20 heavy (non-hydrogen) atoms. The summed E-state index contributed by atoms with van der Waals surface area (Å²) >= 11 is 2.23. The van der Waals surface area contributed by atoms with Crippen LogP contribution in [0.1, 0.15) is 17.2 Å². The van der Waals surface area contributed by atoms with Crippen LogP contribution in [0.3, 0.4) is 0 Å². The number of benzene rings is 2. The molecule has 0 heterocycles. The van der Waals surface area contributed by atoms with Crippen LogP contribution in [-0.4, -0.2) is 25.4 Å². The molecule has 0 aromatic heterocycles. The number of hydrogen-bond donors (Lipinski definition) is 1. The molecular weight excluding hydrogens is 367 g/mol. The number of methoxy groups -OCH3 is 1. The summed E-state index contributed by atoms with van der Waals surface area (Å²) in [5.74, 6) is 0.691. The van der Waals surface area contributed by atoms with E-state index >= 15 is 0 Å². The monoisotopic (exact) mass is 384 g/mol. The standard InChI is InChI=1S/C16H17IO3/c1-19-10-11-20-15-9-5-3-7-13(15)16(18)12-6-2-4-8-14(12)17/h2-9,16,18H,10-11H2,1H3. The van der Waals surface area contributed by atoms with Gasteiger partial charge in [-0.2, -0.15) is 0 Å². The Kier molecular flexibility index (Phi) is 5.82. The normalized spacial score (nSPS) is 12.2. The maximum Gasteiger partial charge on any atom is 0.125 e. The molecule has 1 unspecified atom stereocenters. The number of ether oxygens (including phenoxy) is 2. The van der Waals surface area contributed by atoms with Gasteiger partial charge in [0.2, 0.25) is 0 Å². The third-order valence-electron chi connectivity index (χ3n) is 2.96. The second kappa shape index (κ2) is 7.61. The maximum atomic E-state index is 10.6. The lowest BCUT2D eigenvalue weighted by Gasteiger charge is -2.17. The van der Waals surface area contributed by atoms with Crippen LogP contribution < -0.4 is 4.74 Å². The number of hydrogen-bond acceptors (Lipinski definition) is 3. The lowest BCUT2D eigenvalue weighted by molar-refractivity contribution is 0.142. The highest BCUT2D eigenvalue weighted by Gasteiger charge is 2.17. The smallest absolute Gasteiger partial charge is 0.125 e. The molecule has 106 valence electrons. The van der Waals surface area contributed by atoms with Gasteiger partial charge in [-0.25, -0.2) is 0 Å². The van der Waals surface area contributed by atoms with Crippen molar-refractivity contribution in [1.82, 2.24) is 0 Å². The molecule has 4 heteroatoms. The lowest BCUT2D eigenvalue weighted by atomic mass is 10.0. The highest BCUT2D eigenvalue weighted by Crippen LogP contribution is 2.32. The first-order chi connectivity index (χ1) is 9.74. The van der Waals surface area contributed by atoms with Crippen LogP contribution in [0.5, 0.6) is 5.75 Å². The first-order valence-corrected chi connectivity index (χ1v) is 7.45. The third kappa shape index (κ3) is 3.71. The zero-order valence-electron chi connectivity index (χ0n) is 11.3. The summed E-state index contributed by atoms with van der Waals surface area (Å²) in [5.41, 5.74) is 1.66. The molecule has 1 N–H and O–H groups in total. The Bertz CT molecular complexity index is 557. The highest BCUT2D eigenvalue weighted by atomic mass is 127. The van der Waals surface area contributed by atoms with E-state index < -0.39 is 6.10 Å². The molecule has 0 spiro atoms. The summed E-state index contributed by atoms with van der Waals surface area (Å²) in [6.45, 7) is 0.986. The summed E-state index contributed by atoms with van der Waals surface area (Å²) in [6.07, 6.45) is -0.693. The molecule has 0 aliphatic carbocycles. The molecule has 0 saturated heterocycles. The van der Waals surface area contributed by atoms with E-state index in [0.29, 0.717) is 19.0 Å². The van der Waals surface area contributed by atoms with Crippen LogP contribution in [-0.2, 0) is 4.74 Å². The van der Waals surface area contributed by atoms with Crippen LogP contribution in [0.15, 0.2) is 48.5 Å². The summed E-state index contributed by atoms with van der Waals surface area (Å²) in [7, 11) is 1.64. The number of aliphatic hydroxyl groups excluding tert-OH is 1. The van der Waals surface area contributed by atoms with Gasteiger partial charge in [0.05, 0.1) is 6.61 Å². The Morgan fingerprint density at radius 2 is 1.65 bits per heavy atom. The second-order valence-corrected chi connectivity index (χ2v) is 5.47. The van der Waals surface area contributed by atoms with Crippen molar-refractivity contribution < 1.29 is 14.6 Å². The van der Waals surface area contributed by atoms with Crippen molar-refractivity contribution in [3.63, 3.8) is 0 Å². The molecule has 0 radical (unpaired) electrons. The predicted octanol–water partition coefficient (Wildman–Crippen LogP) is 3.40. The zero-order valence-corrected chi connectivity index (χ0v) is 13.4. The van der Waals surface area contributed by atoms with E-state index in [1.807, 2.05) is 48.5 Å². The Labute approximate surface area is 132 Å². The van der Waals surface area contributed by atoms with E-state index in [9.17, 15) is 5.11 Å².